The van der Waals surface area contributed by atoms with Crippen LogP contribution in [-0.2, 0) is 0 Å². The van der Waals surface area contributed by atoms with Crippen LogP contribution in [0.15, 0.2) is 24.3 Å². The Balaban J connectivity index is 3.86. The van der Waals surface area contributed by atoms with Gasteiger partial charge in [0.1, 0.15) is 0 Å². The van der Waals surface area contributed by atoms with Crippen LogP contribution in [0.1, 0.15) is 13.8 Å². The largest absolute Gasteiger partial charge is 0.0956 e. The molecule has 0 rings (SSSR count). The molecule has 0 spiro atoms. The van der Waals surface area contributed by atoms with Gasteiger partial charge in [0.05, 0.1) is 0 Å². The van der Waals surface area contributed by atoms with Crippen molar-refractivity contribution in [1.82, 2.24) is 0 Å². The lowest BCUT2D eigenvalue weighted by atomic mass is 10.1. The number of allylic oxidation sites excluding steroid dienone is 3. The molecule has 0 atom stereocenters. The van der Waals surface area contributed by atoms with E-state index in [0.29, 0.717) is 5.92 Å². The Morgan fingerprint density at radius 2 is 1.83 bits per heavy atom. The summed E-state index contributed by atoms with van der Waals surface area (Å²) in [6.07, 6.45) is 4.47. The van der Waals surface area contributed by atoms with E-state index in [4.69, 9.17) is 0 Å². The molecule has 0 aromatic carbocycles. The molecule has 0 N–H and O–H groups in total. The highest BCUT2D eigenvalue weighted by molar-refractivity contribution is 6.76. The highest BCUT2D eigenvalue weighted by Gasteiger charge is 2.09. The number of hydrogen-bond donors (Lipinski definition) is 0. The van der Waals surface area contributed by atoms with E-state index in [2.05, 4.69) is 52.2 Å². The molecule has 0 radical (unpaired) electrons. The topological polar surface area (TPSA) is 0 Å². The maximum atomic E-state index is 4.00. The van der Waals surface area contributed by atoms with Crippen LogP contribution in [-0.4, -0.2) is 8.07 Å². The van der Waals surface area contributed by atoms with Crippen molar-refractivity contribution in [2.75, 3.05) is 0 Å². The van der Waals surface area contributed by atoms with E-state index < -0.39 is 8.07 Å². The van der Waals surface area contributed by atoms with Gasteiger partial charge in [-0.05, 0) is 12.0 Å². The van der Waals surface area contributed by atoms with E-state index in [0.717, 1.165) is 0 Å². The molecule has 0 aromatic heterocycles. The normalized spacial score (nSPS) is 12.8. The molecule has 1 heteroatoms. The SMILES string of the molecule is C=C(/C=C/C[Si](C)(C)C)C(C)C. The summed E-state index contributed by atoms with van der Waals surface area (Å²) in [7, 11) is -0.887. The van der Waals surface area contributed by atoms with Gasteiger partial charge in [0, 0.05) is 8.07 Å². The van der Waals surface area contributed by atoms with Crippen LogP contribution in [0.5, 0.6) is 0 Å². The van der Waals surface area contributed by atoms with Crippen LogP contribution in [0.3, 0.4) is 0 Å². The van der Waals surface area contributed by atoms with Gasteiger partial charge in [0.25, 0.3) is 0 Å². The predicted molar refractivity (Wildman–Crippen MR) is 61.3 cm³/mol. The quantitative estimate of drug-likeness (QED) is 0.454. The molecule has 0 saturated heterocycles. The van der Waals surface area contributed by atoms with Crippen molar-refractivity contribution in [2.45, 2.75) is 39.5 Å². The van der Waals surface area contributed by atoms with Crippen LogP contribution >= 0.6 is 0 Å². The lowest BCUT2D eigenvalue weighted by molar-refractivity contribution is 0.795. The van der Waals surface area contributed by atoms with Crippen LogP contribution in [0.4, 0.5) is 0 Å². The van der Waals surface area contributed by atoms with Gasteiger partial charge in [-0.15, -0.1) is 0 Å². The second-order valence-corrected chi connectivity index (χ2v) is 10.4. The molecule has 0 saturated carbocycles. The highest BCUT2D eigenvalue weighted by atomic mass is 28.3. The fraction of sp³-hybridized carbons (Fsp3) is 0.636. The summed E-state index contributed by atoms with van der Waals surface area (Å²) in [6, 6.07) is 1.26. The van der Waals surface area contributed by atoms with Crippen LogP contribution in [0, 0.1) is 5.92 Å². The fourth-order valence-corrected chi connectivity index (χ4v) is 1.58. The molecule has 0 fully saturated rings. The third-order valence-electron chi connectivity index (χ3n) is 1.80. The van der Waals surface area contributed by atoms with E-state index in [9.17, 15) is 0 Å². The summed E-state index contributed by atoms with van der Waals surface area (Å²) in [5.41, 5.74) is 1.24. The molecule has 0 aromatic rings. The molecule has 70 valence electrons. The van der Waals surface area contributed by atoms with Gasteiger partial charge in [-0.2, -0.15) is 0 Å². The van der Waals surface area contributed by atoms with E-state index in [-0.39, 0.29) is 0 Å². The second kappa shape index (κ2) is 4.66. The van der Waals surface area contributed by atoms with Crippen molar-refractivity contribution in [1.29, 1.82) is 0 Å². The third kappa shape index (κ3) is 6.41. The zero-order chi connectivity index (χ0) is 9.78. The lowest BCUT2D eigenvalue weighted by Gasteiger charge is -2.12. The fourth-order valence-electron chi connectivity index (χ4n) is 0.756. The second-order valence-electron chi connectivity index (χ2n) is 4.90. The van der Waals surface area contributed by atoms with Gasteiger partial charge in [-0.25, -0.2) is 0 Å². The summed E-state index contributed by atoms with van der Waals surface area (Å²) < 4.78 is 0. The Hall–Kier alpha value is -0.303. The van der Waals surface area contributed by atoms with Gasteiger partial charge < -0.3 is 0 Å². The number of rotatable bonds is 4. The molecular formula is C11H22Si. The molecule has 0 amide bonds. The first kappa shape index (κ1) is 11.7. The van der Waals surface area contributed by atoms with Crippen molar-refractivity contribution in [3.63, 3.8) is 0 Å². The smallest absolute Gasteiger partial charge is 0.0480 e. The van der Waals surface area contributed by atoms with Crippen LogP contribution in [0.2, 0.25) is 25.7 Å². The van der Waals surface area contributed by atoms with Gasteiger partial charge >= 0.3 is 0 Å². The summed E-state index contributed by atoms with van der Waals surface area (Å²) in [6.45, 7) is 15.5. The summed E-state index contributed by atoms with van der Waals surface area (Å²) >= 11 is 0. The Bertz CT molecular complexity index is 170. The Kier molecular flexibility index (Phi) is 4.54. The Morgan fingerprint density at radius 1 is 1.33 bits per heavy atom. The zero-order valence-electron chi connectivity index (χ0n) is 9.15. The summed E-state index contributed by atoms with van der Waals surface area (Å²) in [4.78, 5) is 0. The minimum absolute atomic E-state index is 0.586. The van der Waals surface area contributed by atoms with E-state index >= 15 is 0 Å². The molecule has 0 aliphatic rings. The van der Waals surface area contributed by atoms with Gasteiger partial charge in [0.2, 0.25) is 0 Å². The molecule has 0 aliphatic carbocycles. The molecule has 0 aliphatic heterocycles. The average molecular weight is 182 g/mol. The van der Waals surface area contributed by atoms with Crippen LogP contribution < -0.4 is 0 Å². The van der Waals surface area contributed by atoms with Gasteiger partial charge in [-0.1, -0.05) is 57.8 Å². The standard InChI is InChI=1S/C11H22Si/c1-10(2)11(3)8-7-9-12(4,5)6/h7-8,10H,3,9H2,1-2,4-6H3/b8-7+. The maximum Gasteiger partial charge on any atom is 0.0480 e. The van der Waals surface area contributed by atoms with Crippen molar-refractivity contribution in [3.05, 3.63) is 24.3 Å². The minimum Gasteiger partial charge on any atom is -0.0956 e. The molecular weight excluding hydrogens is 160 g/mol. The Morgan fingerprint density at radius 3 is 2.17 bits per heavy atom. The summed E-state index contributed by atoms with van der Waals surface area (Å²) in [5.74, 6) is 0.586. The van der Waals surface area contributed by atoms with E-state index in [1.165, 1.54) is 11.6 Å². The van der Waals surface area contributed by atoms with Crippen LogP contribution in [0.25, 0.3) is 0 Å². The Labute approximate surface area is 78.4 Å². The molecule has 0 bridgehead atoms. The zero-order valence-corrected chi connectivity index (χ0v) is 10.1. The molecule has 0 unspecified atom stereocenters. The van der Waals surface area contributed by atoms with Gasteiger partial charge in [0.15, 0.2) is 0 Å². The first-order valence-electron chi connectivity index (χ1n) is 4.68. The molecule has 12 heavy (non-hydrogen) atoms. The van der Waals surface area contributed by atoms with Gasteiger partial charge in [-0.3, -0.25) is 0 Å². The van der Waals surface area contributed by atoms with Crippen molar-refractivity contribution < 1.29 is 0 Å². The van der Waals surface area contributed by atoms with Crippen molar-refractivity contribution in [2.24, 2.45) is 5.92 Å². The molecule has 0 nitrogen and oxygen atoms in total. The lowest BCUT2D eigenvalue weighted by Crippen LogP contribution is -2.17. The minimum atomic E-state index is -0.887. The third-order valence-corrected chi connectivity index (χ3v) is 3.26. The van der Waals surface area contributed by atoms with Crippen molar-refractivity contribution >= 4 is 8.07 Å². The first-order chi connectivity index (χ1) is 5.33. The molecule has 0 heterocycles. The first-order valence-corrected chi connectivity index (χ1v) is 8.39. The predicted octanol–water partition coefficient (Wildman–Crippen LogP) is 4.09. The van der Waals surface area contributed by atoms with E-state index in [1.807, 2.05) is 0 Å². The average Bonchev–Trinajstić information content (AvgIpc) is 1.84. The monoisotopic (exact) mass is 182 g/mol. The van der Waals surface area contributed by atoms with E-state index in [1.54, 1.807) is 0 Å². The number of hydrogen-bond acceptors (Lipinski definition) is 0. The highest BCUT2D eigenvalue weighted by Crippen LogP contribution is 2.12. The maximum absolute atomic E-state index is 4.00. The van der Waals surface area contributed by atoms with Crippen molar-refractivity contribution in [3.8, 4) is 0 Å². The summed E-state index contributed by atoms with van der Waals surface area (Å²) in [5, 5.41) is 0.